The van der Waals surface area contributed by atoms with Gasteiger partial charge in [0.1, 0.15) is 12.4 Å². The van der Waals surface area contributed by atoms with Crippen LogP contribution in [0.25, 0.3) is 15.6 Å². The number of hydrogen-bond donors (Lipinski definition) is 0. The van der Waals surface area contributed by atoms with Gasteiger partial charge in [-0.05, 0) is 67.8 Å². The van der Waals surface area contributed by atoms with E-state index in [1.807, 2.05) is 4.90 Å². The summed E-state index contributed by atoms with van der Waals surface area (Å²) in [6.45, 7) is 18.9. The third-order valence-corrected chi connectivity index (χ3v) is 10.7. The van der Waals surface area contributed by atoms with Gasteiger partial charge in [-0.3, -0.25) is 4.79 Å². The number of carbonyl (C=O) groups excluding carboxylic acids is 1. The van der Waals surface area contributed by atoms with E-state index < -0.39 is 0 Å². The monoisotopic (exact) mass is 606 g/mol. The molecule has 3 saturated heterocycles. The second-order valence-corrected chi connectivity index (χ2v) is 13.4. The highest BCUT2D eigenvalue weighted by Gasteiger charge is 2.54. The molecule has 7 rings (SSSR count). The zero-order valence-electron chi connectivity index (χ0n) is 26.4. The summed E-state index contributed by atoms with van der Waals surface area (Å²) >= 11 is 0. The lowest BCUT2D eigenvalue weighted by molar-refractivity contribution is -0.143. The molecule has 0 bridgehead atoms. The van der Waals surface area contributed by atoms with Crippen molar-refractivity contribution in [3.63, 3.8) is 0 Å². The van der Waals surface area contributed by atoms with Crippen molar-refractivity contribution in [1.29, 1.82) is 0 Å². The standard InChI is InChI=1S/C36H42N6O3/c1-5-32(43)42-22-36(23-42)14-16-41(19-26(36)18-37-3)34-29-21-44-31(28-13-7-11-25-10-6-9-24(2)33(25)28)17-30(29)38-35(39-34)45-20-27-12-8-15-40(27)4/h5-7,9-11,13,26-27,31H,1,8,12,14-23H2,2,4H3/t26-,27-,31?/m0/s1. The molecular weight excluding hydrogens is 564 g/mol. The molecule has 0 radical (unpaired) electrons. The largest absolute Gasteiger partial charge is 0.462 e. The minimum absolute atomic E-state index is 0.0303. The summed E-state index contributed by atoms with van der Waals surface area (Å²) in [5, 5.41) is 2.46. The maximum atomic E-state index is 12.3. The SMILES string of the molecule is [C-]#[N+]C[C@H]1CN(c2nc(OC[C@@H]3CCCN3C)nc3c2COC(c2cccc4cccc(C)c24)C3)CCC12CN(C(=O)C=C)C2. The minimum atomic E-state index is -0.123. The van der Waals surface area contributed by atoms with Gasteiger partial charge in [0.15, 0.2) is 0 Å². The molecule has 3 fully saturated rings. The minimum Gasteiger partial charge on any atom is -0.462 e. The average Bonchev–Trinajstić information content (AvgIpc) is 3.46. The number of rotatable bonds is 7. The second-order valence-electron chi connectivity index (χ2n) is 13.4. The Balaban J connectivity index is 1.20. The highest BCUT2D eigenvalue weighted by molar-refractivity contribution is 5.89. The molecule has 2 aromatic carbocycles. The molecule has 4 aliphatic rings. The molecular formula is C36H42N6O3. The first-order valence-electron chi connectivity index (χ1n) is 16.2. The van der Waals surface area contributed by atoms with Crippen LogP contribution in [0, 0.1) is 24.8 Å². The highest BCUT2D eigenvalue weighted by atomic mass is 16.5. The van der Waals surface area contributed by atoms with Crippen LogP contribution < -0.4 is 9.64 Å². The van der Waals surface area contributed by atoms with Gasteiger partial charge in [0.05, 0.1) is 24.3 Å². The first-order valence-corrected chi connectivity index (χ1v) is 16.2. The van der Waals surface area contributed by atoms with E-state index in [1.165, 1.54) is 34.4 Å². The summed E-state index contributed by atoms with van der Waals surface area (Å²) in [7, 11) is 2.15. The number of piperidine rings is 1. The molecule has 1 spiro atoms. The third kappa shape index (κ3) is 5.44. The number of amides is 1. The van der Waals surface area contributed by atoms with Crippen LogP contribution in [0.5, 0.6) is 6.01 Å². The first kappa shape index (κ1) is 29.7. The first-order chi connectivity index (χ1) is 21.9. The van der Waals surface area contributed by atoms with E-state index in [-0.39, 0.29) is 23.3 Å². The summed E-state index contributed by atoms with van der Waals surface area (Å²) in [5.41, 5.74) is 4.39. The lowest BCUT2D eigenvalue weighted by Crippen LogP contribution is -2.66. The number of aromatic nitrogens is 2. The molecule has 4 aliphatic heterocycles. The van der Waals surface area contributed by atoms with Gasteiger partial charge in [-0.25, -0.2) is 6.57 Å². The van der Waals surface area contributed by atoms with Crippen LogP contribution in [0.1, 0.15) is 47.8 Å². The number of hydrogen-bond acceptors (Lipinski definition) is 7. The van der Waals surface area contributed by atoms with Crippen molar-refractivity contribution in [3.05, 3.63) is 82.9 Å². The molecule has 9 heteroatoms. The fourth-order valence-corrected chi connectivity index (χ4v) is 8.03. The molecule has 0 saturated carbocycles. The number of carbonyl (C=O) groups is 1. The van der Waals surface area contributed by atoms with Gasteiger partial charge in [-0.15, -0.1) is 0 Å². The van der Waals surface area contributed by atoms with Gasteiger partial charge in [-0.1, -0.05) is 43.0 Å². The molecule has 1 aromatic heterocycles. The van der Waals surface area contributed by atoms with Crippen LogP contribution in [0.3, 0.4) is 0 Å². The maximum Gasteiger partial charge on any atom is 0.318 e. The molecule has 45 heavy (non-hydrogen) atoms. The van der Waals surface area contributed by atoms with Gasteiger partial charge in [0, 0.05) is 49.6 Å². The van der Waals surface area contributed by atoms with E-state index in [1.54, 1.807) is 0 Å². The lowest BCUT2D eigenvalue weighted by atomic mass is 9.64. The van der Waals surface area contributed by atoms with Crippen molar-refractivity contribution in [3.8, 4) is 6.01 Å². The Morgan fingerprint density at radius 3 is 2.80 bits per heavy atom. The normalized spacial score (nSPS) is 24.2. The van der Waals surface area contributed by atoms with Crippen LogP contribution in [0.15, 0.2) is 49.1 Å². The van der Waals surface area contributed by atoms with E-state index in [0.717, 1.165) is 43.0 Å². The lowest BCUT2D eigenvalue weighted by Gasteiger charge is -2.56. The summed E-state index contributed by atoms with van der Waals surface area (Å²) in [5.74, 6) is 0.971. The van der Waals surface area contributed by atoms with Crippen molar-refractivity contribution in [2.75, 3.05) is 57.8 Å². The molecule has 3 atom stereocenters. The van der Waals surface area contributed by atoms with Crippen LogP contribution >= 0.6 is 0 Å². The van der Waals surface area contributed by atoms with Crippen molar-refractivity contribution >= 4 is 22.5 Å². The second kappa shape index (κ2) is 12.1. The predicted octanol–water partition coefficient (Wildman–Crippen LogP) is 4.99. The number of likely N-dealkylation sites (tertiary alicyclic amines) is 2. The number of fused-ring (bicyclic) bond motifs is 2. The molecule has 234 valence electrons. The predicted molar refractivity (Wildman–Crippen MR) is 174 cm³/mol. The Labute approximate surface area is 265 Å². The van der Waals surface area contributed by atoms with E-state index >= 15 is 0 Å². The molecule has 0 N–H and O–H groups in total. The van der Waals surface area contributed by atoms with Crippen LogP contribution in [0.4, 0.5) is 5.82 Å². The fourth-order valence-electron chi connectivity index (χ4n) is 8.03. The zero-order chi connectivity index (χ0) is 31.1. The van der Waals surface area contributed by atoms with E-state index in [4.69, 9.17) is 26.0 Å². The molecule has 1 amide bonds. The van der Waals surface area contributed by atoms with Crippen molar-refractivity contribution in [1.82, 2.24) is 19.8 Å². The number of nitrogens with zero attached hydrogens (tertiary/aromatic N) is 6. The molecule has 5 heterocycles. The number of aryl methyl sites for hydroxylation is 1. The number of benzene rings is 2. The summed E-state index contributed by atoms with van der Waals surface area (Å²) in [4.78, 5) is 32.7. The van der Waals surface area contributed by atoms with Crippen LogP contribution in [0.2, 0.25) is 0 Å². The molecule has 3 aromatic rings. The molecule has 9 nitrogen and oxygen atoms in total. The summed E-state index contributed by atoms with van der Waals surface area (Å²) in [6.07, 6.45) is 5.09. The average molecular weight is 607 g/mol. The Morgan fingerprint density at radius 2 is 2.04 bits per heavy atom. The quantitative estimate of drug-likeness (QED) is 0.277. The highest BCUT2D eigenvalue weighted by Crippen LogP contribution is 2.47. The zero-order valence-corrected chi connectivity index (χ0v) is 26.4. The Bertz CT molecular complexity index is 1660. The molecule has 1 unspecified atom stereocenters. The van der Waals surface area contributed by atoms with E-state index in [0.29, 0.717) is 57.9 Å². The van der Waals surface area contributed by atoms with E-state index in [2.05, 4.69) is 71.6 Å². The van der Waals surface area contributed by atoms with Crippen molar-refractivity contribution in [2.24, 2.45) is 11.3 Å². The topological polar surface area (TPSA) is 75.4 Å². The van der Waals surface area contributed by atoms with Gasteiger partial charge in [-0.2, -0.15) is 9.97 Å². The van der Waals surface area contributed by atoms with Gasteiger partial charge >= 0.3 is 6.01 Å². The van der Waals surface area contributed by atoms with Crippen LogP contribution in [-0.2, 0) is 22.6 Å². The Morgan fingerprint density at radius 1 is 1.22 bits per heavy atom. The van der Waals surface area contributed by atoms with Gasteiger partial charge in [0.25, 0.3) is 0 Å². The van der Waals surface area contributed by atoms with Gasteiger partial charge in [0.2, 0.25) is 12.5 Å². The molecule has 0 aliphatic carbocycles. The maximum absolute atomic E-state index is 12.3. The smallest absolute Gasteiger partial charge is 0.318 e. The van der Waals surface area contributed by atoms with Gasteiger partial charge < -0.3 is 29.0 Å². The van der Waals surface area contributed by atoms with Crippen molar-refractivity contribution < 1.29 is 14.3 Å². The van der Waals surface area contributed by atoms with Crippen LogP contribution in [-0.4, -0.2) is 84.6 Å². The number of ether oxygens (including phenoxy) is 2. The van der Waals surface area contributed by atoms with E-state index in [9.17, 15) is 4.79 Å². The Hall–Kier alpha value is -4.00. The third-order valence-electron chi connectivity index (χ3n) is 10.7. The summed E-state index contributed by atoms with van der Waals surface area (Å²) < 4.78 is 13.0. The fraction of sp³-hybridized carbons (Fsp3) is 0.500. The number of likely N-dealkylation sites (N-methyl/N-ethyl adjacent to an activating group) is 1. The Kier molecular flexibility index (Phi) is 7.96. The van der Waals surface area contributed by atoms with Crippen molar-refractivity contribution in [2.45, 2.75) is 51.4 Å². The number of anilines is 1. The summed E-state index contributed by atoms with van der Waals surface area (Å²) in [6, 6.07) is 13.7.